The van der Waals surface area contributed by atoms with Gasteiger partial charge in [0.05, 0.1) is 0 Å². The number of nitrogens with zero attached hydrogens (tertiary/aromatic N) is 2. The topological polar surface area (TPSA) is 6.48 Å². The lowest BCUT2D eigenvalue weighted by Crippen LogP contribution is -2.27. The lowest BCUT2D eigenvalue weighted by molar-refractivity contribution is 0.405. The summed E-state index contributed by atoms with van der Waals surface area (Å²) in [5.74, 6) is 2.24. The molecule has 0 atom stereocenters. The maximum absolute atomic E-state index is 5.69. The van der Waals surface area contributed by atoms with Crippen LogP contribution in [-0.4, -0.2) is 56.1 Å². The van der Waals surface area contributed by atoms with Gasteiger partial charge in [0.25, 0.3) is 0 Å². The van der Waals surface area contributed by atoms with Crippen LogP contribution in [0.5, 0.6) is 0 Å². The Balaban J connectivity index is 1.78. The number of fused-ring (bicyclic) bond motifs is 3. The first-order chi connectivity index (χ1) is 21.0. The Labute approximate surface area is 289 Å². The Morgan fingerprint density at radius 3 is 1.57 bits per heavy atom. The van der Waals surface area contributed by atoms with E-state index < -0.39 is 0 Å². The predicted octanol–water partition coefficient (Wildman–Crippen LogP) is 11.4. The molecule has 0 aliphatic heterocycles. The predicted molar refractivity (Wildman–Crippen MR) is 209 cm³/mol. The van der Waals surface area contributed by atoms with Gasteiger partial charge in [-0.2, -0.15) is 0 Å². The highest BCUT2D eigenvalue weighted by atomic mass is 32.2. The Kier molecular flexibility index (Phi) is 15.1. The molecule has 2 aromatic rings. The molecule has 244 valence electrons. The second kappa shape index (κ2) is 17.7. The van der Waals surface area contributed by atoms with Crippen LogP contribution < -0.4 is 0 Å². The van der Waals surface area contributed by atoms with Gasteiger partial charge >= 0.3 is 0 Å². The van der Waals surface area contributed by atoms with Crippen LogP contribution in [0.2, 0.25) is 0 Å². The maximum Gasteiger partial charge on any atom is 0.136 e. The third kappa shape index (κ3) is 9.48. The summed E-state index contributed by atoms with van der Waals surface area (Å²) in [6, 6.07) is 14.6. The lowest BCUT2D eigenvalue weighted by atomic mass is 9.69. The van der Waals surface area contributed by atoms with Crippen molar-refractivity contribution >= 4 is 56.6 Å². The van der Waals surface area contributed by atoms with Crippen molar-refractivity contribution < 1.29 is 0 Å². The molecule has 1 aliphatic carbocycles. The van der Waals surface area contributed by atoms with Crippen molar-refractivity contribution in [3.05, 3.63) is 58.7 Å². The van der Waals surface area contributed by atoms with Gasteiger partial charge in [0.2, 0.25) is 0 Å². The summed E-state index contributed by atoms with van der Waals surface area (Å²) in [6.07, 6.45) is 9.89. The minimum Gasteiger partial charge on any atom is -0.358 e. The molecule has 44 heavy (non-hydrogen) atoms. The SMILES string of the molecule is CCN(CC)C(=S)SCCCCCC1(CCCCCSC(=S)N(CC)CC)c2cc(C)ccc2-c2ccc(C(C)(C)C)cc21. The van der Waals surface area contributed by atoms with E-state index in [-0.39, 0.29) is 10.8 Å². The molecule has 0 N–H and O–H groups in total. The highest BCUT2D eigenvalue weighted by molar-refractivity contribution is 8.23. The molecule has 0 heterocycles. The quantitative estimate of drug-likeness (QED) is 0.129. The summed E-state index contributed by atoms with van der Waals surface area (Å²) in [4.78, 5) is 4.60. The molecule has 0 spiro atoms. The van der Waals surface area contributed by atoms with Crippen LogP contribution in [0.25, 0.3) is 11.1 Å². The first-order valence-electron chi connectivity index (χ1n) is 17.1. The van der Waals surface area contributed by atoms with E-state index >= 15 is 0 Å². The number of hydrogen-bond donors (Lipinski definition) is 0. The van der Waals surface area contributed by atoms with Crippen molar-refractivity contribution in [1.29, 1.82) is 0 Å². The van der Waals surface area contributed by atoms with Gasteiger partial charge in [-0.05, 0) is 93.5 Å². The molecule has 2 aromatic carbocycles. The van der Waals surface area contributed by atoms with Crippen molar-refractivity contribution in [3.8, 4) is 11.1 Å². The number of thioether (sulfide) groups is 2. The molecule has 6 heteroatoms. The standard InChI is InChI=1S/C38H58N2S4/c1-9-39(10-2)35(41)43-25-17-13-15-23-38(24-16-14-18-26-44-36(42)40(11-3)12-4)33-27-29(5)19-21-31(33)32-22-20-30(28-34(32)38)37(6,7)8/h19-22,27-28H,9-18,23-26H2,1-8H3. The molecule has 0 saturated heterocycles. The van der Waals surface area contributed by atoms with Gasteiger partial charge in [-0.15, -0.1) is 0 Å². The third-order valence-corrected chi connectivity index (χ3v) is 12.6. The Morgan fingerprint density at radius 2 is 1.11 bits per heavy atom. The summed E-state index contributed by atoms with van der Waals surface area (Å²) in [7, 11) is 0. The molecule has 3 rings (SSSR count). The van der Waals surface area contributed by atoms with Crippen molar-refractivity contribution in [1.82, 2.24) is 9.80 Å². The molecular formula is C38H58N2S4. The largest absolute Gasteiger partial charge is 0.358 e. The average molecular weight is 671 g/mol. The zero-order valence-electron chi connectivity index (χ0n) is 28.9. The maximum atomic E-state index is 5.69. The molecular weight excluding hydrogens is 613 g/mol. The zero-order valence-corrected chi connectivity index (χ0v) is 32.2. The van der Waals surface area contributed by atoms with Gasteiger partial charge < -0.3 is 9.80 Å². The van der Waals surface area contributed by atoms with Crippen LogP contribution >= 0.6 is 48.0 Å². The van der Waals surface area contributed by atoms with Crippen LogP contribution in [-0.2, 0) is 10.8 Å². The number of hydrogen-bond acceptors (Lipinski definition) is 4. The smallest absolute Gasteiger partial charge is 0.136 e. The molecule has 0 saturated carbocycles. The van der Waals surface area contributed by atoms with Gasteiger partial charge in [0, 0.05) is 43.1 Å². The number of thiocarbonyl (C=S) groups is 2. The second-order valence-electron chi connectivity index (χ2n) is 13.3. The van der Waals surface area contributed by atoms with Crippen molar-refractivity contribution in [2.24, 2.45) is 0 Å². The fraction of sp³-hybridized carbons (Fsp3) is 0.632. The molecule has 0 fully saturated rings. The Bertz CT molecular complexity index is 1190. The molecule has 0 unspecified atom stereocenters. The molecule has 2 nitrogen and oxygen atoms in total. The summed E-state index contributed by atoms with van der Waals surface area (Å²) in [6.45, 7) is 22.1. The third-order valence-electron chi connectivity index (χ3n) is 9.37. The van der Waals surface area contributed by atoms with E-state index in [2.05, 4.69) is 102 Å². The number of benzene rings is 2. The fourth-order valence-corrected chi connectivity index (χ4v) is 9.56. The van der Waals surface area contributed by atoms with Crippen molar-refractivity contribution in [2.75, 3.05) is 37.7 Å². The Hall–Kier alpha value is -1.08. The highest BCUT2D eigenvalue weighted by Gasteiger charge is 2.42. The highest BCUT2D eigenvalue weighted by Crippen LogP contribution is 2.55. The summed E-state index contributed by atoms with van der Waals surface area (Å²) >= 11 is 15.1. The number of aryl methyl sites for hydroxylation is 1. The van der Waals surface area contributed by atoms with Crippen molar-refractivity contribution in [2.45, 2.75) is 118 Å². The van der Waals surface area contributed by atoms with E-state index in [9.17, 15) is 0 Å². The van der Waals surface area contributed by atoms with E-state index in [1.807, 2.05) is 23.5 Å². The van der Waals surface area contributed by atoms with E-state index in [1.165, 1.54) is 73.6 Å². The van der Waals surface area contributed by atoms with Gasteiger partial charge in [-0.3, -0.25) is 0 Å². The fourth-order valence-electron chi connectivity index (χ4n) is 6.62. The summed E-state index contributed by atoms with van der Waals surface area (Å²) < 4.78 is 2.12. The molecule has 0 bridgehead atoms. The zero-order chi connectivity index (χ0) is 32.3. The van der Waals surface area contributed by atoms with Crippen LogP contribution in [0.3, 0.4) is 0 Å². The van der Waals surface area contributed by atoms with Gasteiger partial charge in [0.1, 0.15) is 8.64 Å². The number of rotatable bonds is 16. The first kappa shape index (κ1) is 37.4. The monoisotopic (exact) mass is 670 g/mol. The first-order valence-corrected chi connectivity index (χ1v) is 19.9. The molecule has 0 radical (unpaired) electrons. The molecule has 0 amide bonds. The van der Waals surface area contributed by atoms with E-state index in [0.717, 1.165) is 46.3 Å². The lowest BCUT2D eigenvalue weighted by Gasteiger charge is -2.34. The van der Waals surface area contributed by atoms with Gasteiger partial charge in [-0.25, -0.2) is 0 Å². The van der Waals surface area contributed by atoms with Crippen molar-refractivity contribution in [3.63, 3.8) is 0 Å². The Morgan fingerprint density at radius 1 is 0.659 bits per heavy atom. The van der Waals surface area contributed by atoms with Crippen LogP contribution in [0, 0.1) is 6.92 Å². The average Bonchev–Trinajstić information content (AvgIpc) is 3.25. The van der Waals surface area contributed by atoms with Gasteiger partial charge in [0.15, 0.2) is 0 Å². The van der Waals surface area contributed by atoms with Gasteiger partial charge in [-0.1, -0.05) is 136 Å². The molecule has 1 aliphatic rings. The summed E-state index contributed by atoms with van der Waals surface area (Å²) in [5.41, 5.74) is 9.14. The molecule has 0 aromatic heterocycles. The minimum atomic E-state index is 0.0886. The van der Waals surface area contributed by atoms with E-state index in [4.69, 9.17) is 24.4 Å². The van der Waals surface area contributed by atoms with Crippen LogP contribution in [0.4, 0.5) is 0 Å². The van der Waals surface area contributed by atoms with E-state index in [1.54, 1.807) is 11.1 Å². The minimum absolute atomic E-state index is 0.0886. The van der Waals surface area contributed by atoms with Crippen LogP contribution in [0.15, 0.2) is 36.4 Å². The summed E-state index contributed by atoms with van der Waals surface area (Å²) in [5, 5.41) is 0. The number of unbranched alkanes of at least 4 members (excludes halogenated alkanes) is 4. The normalized spacial score (nSPS) is 13.5. The van der Waals surface area contributed by atoms with Crippen LogP contribution in [0.1, 0.15) is 122 Å². The second-order valence-corrected chi connectivity index (χ2v) is 16.8. The van der Waals surface area contributed by atoms with E-state index in [0.29, 0.717) is 0 Å².